The molecular formula is C14H21N3S. The second-order valence-electron chi connectivity index (χ2n) is 5.45. The van der Waals surface area contributed by atoms with Crippen LogP contribution < -0.4 is 11.1 Å². The van der Waals surface area contributed by atoms with Crippen LogP contribution in [0.3, 0.4) is 0 Å². The van der Waals surface area contributed by atoms with Crippen LogP contribution in [0, 0.1) is 5.41 Å². The van der Waals surface area contributed by atoms with Crippen LogP contribution in [0.25, 0.3) is 0 Å². The van der Waals surface area contributed by atoms with Gasteiger partial charge in [-0.25, -0.2) is 0 Å². The van der Waals surface area contributed by atoms with Gasteiger partial charge in [0.15, 0.2) is 0 Å². The predicted molar refractivity (Wildman–Crippen MR) is 77.6 cm³/mol. The maximum atomic E-state index is 8.31. The molecule has 0 unspecified atom stereocenters. The van der Waals surface area contributed by atoms with E-state index in [9.17, 15) is 0 Å². The quantitative estimate of drug-likeness (QED) is 0.567. The molecule has 0 spiro atoms. The van der Waals surface area contributed by atoms with Gasteiger partial charge in [0.2, 0.25) is 0 Å². The molecule has 1 aromatic rings. The molecule has 1 aromatic heterocycles. The highest BCUT2D eigenvalue weighted by Gasteiger charge is 2.24. The molecule has 18 heavy (non-hydrogen) atoms. The molecule has 0 aliphatic heterocycles. The summed E-state index contributed by atoms with van der Waals surface area (Å²) < 4.78 is 0. The average molecular weight is 263 g/mol. The maximum Gasteiger partial charge on any atom is 0.128 e. The van der Waals surface area contributed by atoms with Gasteiger partial charge >= 0.3 is 0 Å². The van der Waals surface area contributed by atoms with Gasteiger partial charge in [-0.2, -0.15) is 0 Å². The third kappa shape index (κ3) is 2.14. The molecule has 1 fully saturated rings. The van der Waals surface area contributed by atoms with Crippen molar-refractivity contribution in [1.29, 1.82) is 5.41 Å². The largest absolute Gasteiger partial charge is 0.390 e. The van der Waals surface area contributed by atoms with E-state index in [0.717, 1.165) is 23.4 Å². The predicted octanol–water partition coefficient (Wildman–Crippen LogP) is 3.07. The van der Waals surface area contributed by atoms with E-state index in [-0.39, 0.29) is 0 Å². The van der Waals surface area contributed by atoms with Crippen molar-refractivity contribution >= 4 is 22.2 Å². The molecule has 0 aromatic carbocycles. The van der Waals surface area contributed by atoms with E-state index in [2.05, 4.69) is 5.32 Å². The van der Waals surface area contributed by atoms with Crippen molar-refractivity contribution in [3.8, 4) is 0 Å². The number of nitrogen functional groups attached to an aromatic ring is 1. The van der Waals surface area contributed by atoms with Crippen LogP contribution >= 0.6 is 11.3 Å². The highest BCUT2D eigenvalue weighted by molar-refractivity contribution is 7.16. The molecule has 3 rings (SSSR count). The van der Waals surface area contributed by atoms with Crippen LogP contribution in [-0.2, 0) is 12.8 Å². The number of aryl methyl sites for hydroxylation is 1. The van der Waals surface area contributed by atoms with Gasteiger partial charge in [0.25, 0.3) is 0 Å². The molecule has 4 heteroatoms. The number of amidine groups is 1. The Morgan fingerprint density at radius 2 is 1.94 bits per heavy atom. The number of rotatable bonds is 2. The van der Waals surface area contributed by atoms with Crippen molar-refractivity contribution in [3.05, 3.63) is 16.0 Å². The minimum absolute atomic E-state index is 0.489. The van der Waals surface area contributed by atoms with Gasteiger partial charge in [-0.3, -0.25) is 5.41 Å². The van der Waals surface area contributed by atoms with Crippen molar-refractivity contribution < 1.29 is 0 Å². The Morgan fingerprint density at radius 1 is 1.17 bits per heavy atom. The SMILES string of the molecule is N=C(NC1CCCCC1)c1c(N)sc2c1CCC2. The van der Waals surface area contributed by atoms with E-state index in [1.54, 1.807) is 11.3 Å². The average Bonchev–Trinajstić information content (AvgIpc) is 2.89. The first-order valence-corrected chi connectivity index (χ1v) is 7.83. The number of fused-ring (bicyclic) bond motifs is 1. The third-order valence-corrected chi connectivity index (χ3v) is 5.27. The first-order valence-electron chi connectivity index (χ1n) is 7.01. The minimum atomic E-state index is 0.489. The van der Waals surface area contributed by atoms with Crippen molar-refractivity contribution in [2.24, 2.45) is 0 Å². The lowest BCUT2D eigenvalue weighted by molar-refractivity contribution is 0.413. The highest BCUT2D eigenvalue weighted by Crippen LogP contribution is 2.37. The van der Waals surface area contributed by atoms with Crippen LogP contribution in [0.15, 0.2) is 0 Å². The number of hydrogen-bond donors (Lipinski definition) is 3. The van der Waals surface area contributed by atoms with Crippen LogP contribution in [0.2, 0.25) is 0 Å². The maximum absolute atomic E-state index is 8.31. The molecule has 0 amide bonds. The van der Waals surface area contributed by atoms with Gasteiger partial charge in [-0.15, -0.1) is 11.3 Å². The molecule has 4 N–H and O–H groups in total. The summed E-state index contributed by atoms with van der Waals surface area (Å²) in [6, 6.07) is 0.489. The fraction of sp³-hybridized carbons (Fsp3) is 0.643. The Bertz CT molecular complexity index is 458. The Morgan fingerprint density at radius 3 is 2.72 bits per heavy atom. The van der Waals surface area contributed by atoms with Crippen molar-refractivity contribution in [1.82, 2.24) is 5.32 Å². The van der Waals surface area contributed by atoms with Gasteiger partial charge in [0.1, 0.15) is 5.84 Å². The van der Waals surface area contributed by atoms with E-state index >= 15 is 0 Å². The second kappa shape index (κ2) is 4.92. The number of hydrogen-bond acceptors (Lipinski definition) is 3. The van der Waals surface area contributed by atoms with Crippen molar-refractivity contribution in [2.45, 2.75) is 57.4 Å². The van der Waals surface area contributed by atoms with Crippen LogP contribution in [-0.4, -0.2) is 11.9 Å². The Kier molecular flexibility index (Phi) is 3.29. The summed E-state index contributed by atoms with van der Waals surface area (Å²) in [5.74, 6) is 0.568. The number of nitrogens with one attached hydrogen (secondary N) is 2. The summed E-state index contributed by atoms with van der Waals surface area (Å²) in [6.07, 6.45) is 9.83. The molecule has 2 aliphatic carbocycles. The van der Waals surface area contributed by atoms with E-state index < -0.39 is 0 Å². The normalized spacial score (nSPS) is 19.8. The zero-order chi connectivity index (χ0) is 12.5. The lowest BCUT2D eigenvalue weighted by Crippen LogP contribution is -2.36. The Balaban J connectivity index is 1.75. The van der Waals surface area contributed by atoms with Gasteiger partial charge in [-0.05, 0) is 37.7 Å². The molecule has 1 heterocycles. The first kappa shape index (κ1) is 12.0. The molecule has 1 saturated carbocycles. The fourth-order valence-electron chi connectivity index (χ4n) is 3.22. The molecule has 98 valence electrons. The Hall–Kier alpha value is -1.03. The highest BCUT2D eigenvalue weighted by atomic mass is 32.1. The van der Waals surface area contributed by atoms with Gasteiger partial charge in [0.05, 0.1) is 10.6 Å². The van der Waals surface area contributed by atoms with Gasteiger partial charge in [-0.1, -0.05) is 19.3 Å². The fourth-order valence-corrected chi connectivity index (χ4v) is 4.39. The zero-order valence-electron chi connectivity index (χ0n) is 10.7. The molecule has 0 atom stereocenters. The van der Waals surface area contributed by atoms with Crippen molar-refractivity contribution in [2.75, 3.05) is 5.73 Å². The van der Waals surface area contributed by atoms with Crippen LogP contribution in [0.4, 0.5) is 5.00 Å². The number of thiophene rings is 1. The summed E-state index contributed by atoms with van der Waals surface area (Å²) in [7, 11) is 0. The summed E-state index contributed by atoms with van der Waals surface area (Å²) in [4.78, 5) is 1.41. The lowest BCUT2D eigenvalue weighted by atomic mass is 9.95. The van der Waals surface area contributed by atoms with Gasteiger partial charge in [0, 0.05) is 10.9 Å². The molecular weight excluding hydrogens is 242 g/mol. The molecule has 0 bridgehead atoms. The zero-order valence-corrected chi connectivity index (χ0v) is 11.5. The summed E-state index contributed by atoms with van der Waals surface area (Å²) in [6.45, 7) is 0. The number of anilines is 1. The number of nitrogens with two attached hydrogens (primary N) is 1. The molecule has 0 saturated heterocycles. The molecule has 0 radical (unpaired) electrons. The van der Waals surface area contributed by atoms with Crippen LogP contribution in [0.1, 0.15) is 54.5 Å². The van der Waals surface area contributed by atoms with Gasteiger partial charge < -0.3 is 11.1 Å². The topological polar surface area (TPSA) is 61.9 Å². The standard InChI is InChI=1S/C14H21N3S/c15-13(17-9-5-2-1-3-6-9)12-10-7-4-8-11(10)18-14(12)16/h9H,1-8,16H2,(H2,15,17). The first-order chi connectivity index (χ1) is 8.75. The monoisotopic (exact) mass is 263 g/mol. The minimum Gasteiger partial charge on any atom is -0.390 e. The van der Waals surface area contributed by atoms with Crippen molar-refractivity contribution in [3.63, 3.8) is 0 Å². The lowest BCUT2D eigenvalue weighted by Gasteiger charge is -2.24. The second-order valence-corrected chi connectivity index (χ2v) is 6.59. The summed E-state index contributed by atoms with van der Waals surface area (Å²) >= 11 is 1.69. The summed E-state index contributed by atoms with van der Waals surface area (Å²) in [5, 5.41) is 12.6. The van der Waals surface area contributed by atoms with E-state index in [1.807, 2.05) is 0 Å². The van der Waals surface area contributed by atoms with E-state index in [1.165, 1.54) is 49.0 Å². The third-order valence-electron chi connectivity index (χ3n) is 4.15. The Labute approximate surface area is 112 Å². The molecule has 2 aliphatic rings. The van der Waals surface area contributed by atoms with E-state index in [4.69, 9.17) is 11.1 Å². The summed E-state index contributed by atoms with van der Waals surface area (Å²) in [5.41, 5.74) is 8.46. The smallest absolute Gasteiger partial charge is 0.128 e. The molecule has 3 nitrogen and oxygen atoms in total. The van der Waals surface area contributed by atoms with E-state index in [0.29, 0.717) is 11.9 Å². The van der Waals surface area contributed by atoms with Crippen LogP contribution in [0.5, 0.6) is 0 Å².